The molecule has 0 spiro atoms. The number of aliphatic hydroxyl groups excluding tert-OH is 1. The van der Waals surface area contributed by atoms with Gasteiger partial charge in [0, 0.05) is 10.6 Å². The molecule has 1 aromatic carbocycles. The maximum atomic E-state index is 10.1. The van der Waals surface area contributed by atoms with Crippen LogP contribution in [0.3, 0.4) is 0 Å². The standard InChI is InChI=1S/C14H22ClNO2/c1-9(2)4-6-12(17)14(16)11-8-10(15)5-7-13(11)18-3/h5,7-9,12,14,17H,4,6,16H2,1-3H3/t12-,14+/m0/s1. The number of aliphatic hydroxyl groups is 1. The second-order valence-electron chi connectivity index (χ2n) is 4.95. The molecule has 0 bridgehead atoms. The van der Waals surface area contributed by atoms with E-state index in [1.54, 1.807) is 25.3 Å². The Labute approximate surface area is 114 Å². The quantitative estimate of drug-likeness (QED) is 0.836. The van der Waals surface area contributed by atoms with Crippen molar-refractivity contribution in [3.63, 3.8) is 0 Å². The van der Waals surface area contributed by atoms with Gasteiger partial charge in [-0.2, -0.15) is 0 Å². The fourth-order valence-corrected chi connectivity index (χ4v) is 2.04. The van der Waals surface area contributed by atoms with Crippen molar-refractivity contribution < 1.29 is 9.84 Å². The average molecular weight is 272 g/mol. The molecule has 3 nitrogen and oxygen atoms in total. The zero-order valence-electron chi connectivity index (χ0n) is 11.2. The molecule has 0 amide bonds. The van der Waals surface area contributed by atoms with Gasteiger partial charge in [0.25, 0.3) is 0 Å². The molecule has 18 heavy (non-hydrogen) atoms. The van der Waals surface area contributed by atoms with Gasteiger partial charge in [-0.3, -0.25) is 0 Å². The lowest BCUT2D eigenvalue weighted by atomic mass is 9.95. The van der Waals surface area contributed by atoms with Crippen LogP contribution < -0.4 is 10.5 Å². The second-order valence-corrected chi connectivity index (χ2v) is 5.39. The van der Waals surface area contributed by atoms with E-state index in [2.05, 4.69) is 13.8 Å². The summed E-state index contributed by atoms with van der Waals surface area (Å²) >= 11 is 5.96. The summed E-state index contributed by atoms with van der Waals surface area (Å²) < 4.78 is 5.25. The fourth-order valence-electron chi connectivity index (χ4n) is 1.86. The molecule has 4 heteroatoms. The Balaban J connectivity index is 2.81. The molecule has 3 N–H and O–H groups in total. The summed E-state index contributed by atoms with van der Waals surface area (Å²) in [4.78, 5) is 0. The maximum absolute atomic E-state index is 10.1. The van der Waals surface area contributed by atoms with Gasteiger partial charge in [0.2, 0.25) is 0 Å². The zero-order valence-corrected chi connectivity index (χ0v) is 11.9. The van der Waals surface area contributed by atoms with E-state index < -0.39 is 12.1 Å². The Bertz CT molecular complexity index is 382. The smallest absolute Gasteiger partial charge is 0.123 e. The number of halogens is 1. The van der Waals surface area contributed by atoms with Crippen LogP contribution in [0.2, 0.25) is 5.02 Å². The topological polar surface area (TPSA) is 55.5 Å². The molecule has 1 aromatic rings. The van der Waals surface area contributed by atoms with Gasteiger partial charge >= 0.3 is 0 Å². The van der Waals surface area contributed by atoms with E-state index in [0.717, 1.165) is 12.0 Å². The van der Waals surface area contributed by atoms with E-state index in [-0.39, 0.29) is 0 Å². The molecule has 0 fully saturated rings. The van der Waals surface area contributed by atoms with Crippen LogP contribution in [0.25, 0.3) is 0 Å². The SMILES string of the molecule is COc1ccc(Cl)cc1[C@@H](N)[C@@H](O)CCC(C)C. The molecule has 0 aliphatic rings. The summed E-state index contributed by atoms with van der Waals surface area (Å²) in [5, 5.41) is 10.7. The van der Waals surface area contributed by atoms with E-state index in [1.165, 1.54) is 0 Å². The van der Waals surface area contributed by atoms with E-state index in [4.69, 9.17) is 22.1 Å². The molecule has 0 unspecified atom stereocenters. The van der Waals surface area contributed by atoms with Crippen molar-refractivity contribution in [3.8, 4) is 5.75 Å². The van der Waals surface area contributed by atoms with Crippen molar-refractivity contribution in [3.05, 3.63) is 28.8 Å². The average Bonchev–Trinajstić information content (AvgIpc) is 2.34. The first-order chi connectivity index (χ1) is 8.45. The zero-order chi connectivity index (χ0) is 13.7. The molecule has 0 aliphatic carbocycles. The number of hydrogen-bond acceptors (Lipinski definition) is 3. The van der Waals surface area contributed by atoms with Crippen molar-refractivity contribution in [2.45, 2.75) is 38.8 Å². The molecule has 0 saturated carbocycles. The van der Waals surface area contributed by atoms with Gasteiger partial charge in [0.15, 0.2) is 0 Å². The molecular formula is C14H22ClNO2. The largest absolute Gasteiger partial charge is 0.496 e. The lowest BCUT2D eigenvalue weighted by Gasteiger charge is -2.22. The molecule has 0 radical (unpaired) electrons. The normalized spacial score (nSPS) is 14.6. The first kappa shape index (κ1) is 15.3. The summed E-state index contributed by atoms with van der Waals surface area (Å²) in [5.41, 5.74) is 6.83. The Morgan fingerprint density at radius 2 is 2.00 bits per heavy atom. The Kier molecular flexibility index (Phi) is 5.93. The van der Waals surface area contributed by atoms with Crippen LogP contribution in [0, 0.1) is 5.92 Å². The molecule has 2 atom stereocenters. The van der Waals surface area contributed by atoms with Crippen molar-refractivity contribution in [2.75, 3.05) is 7.11 Å². The minimum Gasteiger partial charge on any atom is -0.496 e. The molecule has 102 valence electrons. The highest BCUT2D eigenvalue weighted by molar-refractivity contribution is 6.30. The molecular weight excluding hydrogens is 250 g/mol. The molecule has 0 heterocycles. The predicted molar refractivity (Wildman–Crippen MR) is 75.0 cm³/mol. The van der Waals surface area contributed by atoms with E-state index in [0.29, 0.717) is 23.1 Å². The summed E-state index contributed by atoms with van der Waals surface area (Å²) in [6.45, 7) is 4.25. The lowest BCUT2D eigenvalue weighted by Crippen LogP contribution is -2.27. The van der Waals surface area contributed by atoms with Gasteiger partial charge in [0.1, 0.15) is 5.75 Å². The first-order valence-corrected chi connectivity index (χ1v) is 6.60. The van der Waals surface area contributed by atoms with Crippen LogP contribution in [0.15, 0.2) is 18.2 Å². The van der Waals surface area contributed by atoms with Crippen molar-refractivity contribution >= 4 is 11.6 Å². The number of hydrogen-bond donors (Lipinski definition) is 2. The maximum Gasteiger partial charge on any atom is 0.123 e. The lowest BCUT2D eigenvalue weighted by molar-refractivity contribution is 0.127. The van der Waals surface area contributed by atoms with Crippen molar-refractivity contribution in [1.29, 1.82) is 0 Å². The van der Waals surface area contributed by atoms with Crippen LogP contribution in [0.4, 0.5) is 0 Å². The van der Waals surface area contributed by atoms with Gasteiger partial charge in [-0.15, -0.1) is 0 Å². The van der Waals surface area contributed by atoms with Crippen LogP contribution in [0.5, 0.6) is 5.75 Å². The van der Waals surface area contributed by atoms with E-state index in [9.17, 15) is 5.11 Å². The third kappa shape index (κ3) is 4.16. The third-order valence-electron chi connectivity index (χ3n) is 3.01. The Hall–Kier alpha value is -0.770. The Morgan fingerprint density at radius 3 is 2.56 bits per heavy atom. The van der Waals surface area contributed by atoms with Crippen LogP contribution in [-0.2, 0) is 0 Å². The number of nitrogens with two attached hydrogens (primary N) is 1. The fraction of sp³-hybridized carbons (Fsp3) is 0.571. The highest BCUT2D eigenvalue weighted by Gasteiger charge is 2.20. The van der Waals surface area contributed by atoms with Crippen LogP contribution >= 0.6 is 11.6 Å². The number of methoxy groups -OCH3 is 1. The van der Waals surface area contributed by atoms with Crippen molar-refractivity contribution in [2.24, 2.45) is 11.7 Å². The minimum atomic E-state index is -0.584. The predicted octanol–water partition coefficient (Wildman–Crippen LogP) is 3.15. The van der Waals surface area contributed by atoms with Gasteiger partial charge in [-0.25, -0.2) is 0 Å². The van der Waals surface area contributed by atoms with E-state index >= 15 is 0 Å². The van der Waals surface area contributed by atoms with Gasteiger partial charge in [0.05, 0.1) is 19.3 Å². The summed E-state index contributed by atoms with van der Waals surface area (Å²) in [7, 11) is 1.58. The molecule has 0 aromatic heterocycles. The Morgan fingerprint density at radius 1 is 1.33 bits per heavy atom. The third-order valence-corrected chi connectivity index (χ3v) is 3.24. The van der Waals surface area contributed by atoms with Crippen LogP contribution in [-0.4, -0.2) is 18.3 Å². The summed E-state index contributed by atoms with van der Waals surface area (Å²) in [6, 6.07) is 4.80. The monoisotopic (exact) mass is 271 g/mol. The van der Waals surface area contributed by atoms with E-state index in [1.807, 2.05) is 0 Å². The first-order valence-electron chi connectivity index (χ1n) is 6.22. The molecule has 1 rings (SSSR count). The number of benzene rings is 1. The molecule has 0 aliphatic heterocycles. The highest BCUT2D eigenvalue weighted by atomic mass is 35.5. The van der Waals surface area contributed by atoms with Crippen molar-refractivity contribution in [1.82, 2.24) is 0 Å². The minimum absolute atomic E-state index is 0.475. The number of rotatable bonds is 6. The van der Waals surface area contributed by atoms with Crippen LogP contribution in [0.1, 0.15) is 38.3 Å². The number of ether oxygens (including phenoxy) is 1. The van der Waals surface area contributed by atoms with Gasteiger partial charge < -0.3 is 15.6 Å². The van der Waals surface area contributed by atoms with Gasteiger partial charge in [-0.1, -0.05) is 25.4 Å². The molecule has 0 saturated heterocycles. The second kappa shape index (κ2) is 6.98. The summed E-state index contributed by atoms with van der Waals surface area (Å²) in [5.74, 6) is 1.21. The summed E-state index contributed by atoms with van der Waals surface area (Å²) in [6.07, 6.45) is 1.03. The highest BCUT2D eigenvalue weighted by Crippen LogP contribution is 2.30. The van der Waals surface area contributed by atoms with Gasteiger partial charge in [-0.05, 0) is 37.0 Å².